The molecule has 0 fully saturated rings. The molecule has 0 saturated carbocycles. The molecule has 0 aliphatic carbocycles. The van der Waals surface area contributed by atoms with Gasteiger partial charge in [0.1, 0.15) is 5.82 Å². The molecule has 2 N–H and O–H groups in total. The maximum Gasteiger partial charge on any atom is 0.240 e. The van der Waals surface area contributed by atoms with E-state index in [1.807, 2.05) is 23.7 Å². The summed E-state index contributed by atoms with van der Waals surface area (Å²) in [6, 6.07) is 8.49. The van der Waals surface area contributed by atoms with Gasteiger partial charge in [-0.1, -0.05) is 0 Å². The van der Waals surface area contributed by atoms with Crippen molar-refractivity contribution in [3.8, 4) is 0 Å². The van der Waals surface area contributed by atoms with E-state index < -0.39 is 15.8 Å². The number of benzene rings is 1. The fourth-order valence-electron chi connectivity index (χ4n) is 2.76. The van der Waals surface area contributed by atoms with Crippen LogP contribution in [-0.2, 0) is 28.3 Å². The van der Waals surface area contributed by atoms with E-state index in [0.717, 1.165) is 29.2 Å². The van der Waals surface area contributed by atoms with E-state index in [9.17, 15) is 17.6 Å². The van der Waals surface area contributed by atoms with Crippen LogP contribution in [0.3, 0.4) is 0 Å². The summed E-state index contributed by atoms with van der Waals surface area (Å²) in [6.07, 6.45) is 1.45. The normalized spacial score (nSPS) is 14.8. The number of hydrazone groups is 1. The maximum atomic E-state index is 12.9. The van der Waals surface area contributed by atoms with Crippen molar-refractivity contribution in [1.82, 2.24) is 14.7 Å². The molecule has 1 amide bonds. The zero-order valence-corrected chi connectivity index (χ0v) is 15.0. The van der Waals surface area contributed by atoms with Crippen molar-refractivity contribution in [1.29, 1.82) is 0 Å². The second-order valence-corrected chi connectivity index (χ2v) is 7.73. The fraction of sp³-hybridized carbons (Fsp3) is 0.294. The second-order valence-electron chi connectivity index (χ2n) is 5.96. The highest BCUT2D eigenvalue weighted by molar-refractivity contribution is 7.89. The van der Waals surface area contributed by atoms with Gasteiger partial charge in [-0.05, 0) is 36.4 Å². The quantitative estimate of drug-likeness (QED) is 0.794. The highest BCUT2D eigenvalue weighted by Gasteiger charge is 2.17. The van der Waals surface area contributed by atoms with Crippen LogP contribution >= 0.6 is 0 Å². The number of aromatic nitrogens is 1. The lowest BCUT2D eigenvalue weighted by Crippen LogP contribution is -2.28. The summed E-state index contributed by atoms with van der Waals surface area (Å²) in [7, 11) is -1.80. The molecule has 0 bridgehead atoms. The number of sulfonamides is 1. The molecule has 0 atom stereocenters. The first kappa shape index (κ1) is 18.3. The Hall–Kier alpha value is -2.52. The molecular weight excluding hydrogens is 359 g/mol. The number of halogens is 1. The van der Waals surface area contributed by atoms with Gasteiger partial charge >= 0.3 is 0 Å². The van der Waals surface area contributed by atoms with Gasteiger partial charge in [0.15, 0.2) is 0 Å². The highest BCUT2D eigenvalue weighted by atomic mass is 32.2. The van der Waals surface area contributed by atoms with Gasteiger partial charge in [0.25, 0.3) is 0 Å². The number of rotatable bonds is 6. The van der Waals surface area contributed by atoms with Crippen LogP contribution < -0.4 is 10.1 Å². The molecule has 26 heavy (non-hydrogen) atoms. The van der Waals surface area contributed by atoms with E-state index in [1.165, 1.54) is 12.1 Å². The molecule has 0 radical (unpaired) electrons. The second kappa shape index (κ2) is 7.38. The van der Waals surface area contributed by atoms with E-state index in [2.05, 4.69) is 15.2 Å². The van der Waals surface area contributed by atoms with E-state index in [-0.39, 0.29) is 17.3 Å². The van der Waals surface area contributed by atoms with E-state index in [1.54, 1.807) is 0 Å². The Kier molecular flexibility index (Phi) is 5.19. The number of hydrogen-bond acceptors (Lipinski definition) is 4. The van der Waals surface area contributed by atoms with E-state index in [4.69, 9.17) is 0 Å². The summed E-state index contributed by atoms with van der Waals surface area (Å²) in [5.41, 5.74) is 5.09. The molecule has 1 aliphatic heterocycles. The van der Waals surface area contributed by atoms with Crippen LogP contribution in [0.2, 0.25) is 0 Å². The van der Waals surface area contributed by atoms with Crippen molar-refractivity contribution >= 4 is 21.6 Å². The van der Waals surface area contributed by atoms with E-state index in [0.29, 0.717) is 19.3 Å². The monoisotopic (exact) mass is 378 g/mol. The molecule has 1 aromatic carbocycles. The van der Waals surface area contributed by atoms with Gasteiger partial charge in [0.2, 0.25) is 15.9 Å². The third kappa shape index (κ3) is 4.00. The summed E-state index contributed by atoms with van der Waals surface area (Å²) in [5.74, 6) is -0.583. The Morgan fingerprint density at radius 1 is 1.19 bits per heavy atom. The highest BCUT2D eigenvalue weighted by Crippen LogP contribution is 2.14. The first-order valence-corrected chi connectivity index (χ1v) is 9.61. The maximum absolute atomic E-state index is 12.9. The van der Waals surface area contributed by atoms with Gasteiger partial charge in [-0.25, -0.2) is 23.0 Å². The molecule has 1 aliphatic rings. The number of carbonyl (C=O) groups is 1. The van der Waals surface area contributed by atoms with Crippen molar-refractivity contribution in [3.63, 3.8) is 0 Å². The first-order chi connectivity index (χ1) is 12.4. The van der Waals surface area contributed by atoms with Gasteiger partial charge in [-0.2, -0.15) is 5.10 Å². The third-order valence-electron chi connectivity index (χ3n) is 4.22. The van der Waals surface area contributed by atoms with E-state index >= 15 is 0 Å². The Balaban J connectivity index is 1.64. The molecule has 0 spiro atoms. The van der Waals surface area contributed by atoms with Crippen LogP contribution in [0.25, 0.3) is 0 Å². The van der Waals surface area contributed by atoms with Crippen molar-refractivity contribution in [2.24, 2.45) is 12.1 Å². The van der Waals surface area contributed by atoms with Gasteiger partial charge < -0.3 is 4.57 Å². The summed E-state index contributed by atoms with van der Waals surface area (Å²) < 4.78 is 41.8. The van der Waals surface area contributed by atoms with Crippen LogP contribution in [-0.4, -0.2) is 31.1 Å². The zero-order valence-electron chi connectivity index (χ0n) is 14.2. The average Bonchev–Trinajstić information content (AvgIpc) is 2.97. The van der Waals surface area contributed by atoms with Gasteiger partial charge in [-0.15, -0.1) is 0 Å². The molecule has 1 aromatic heterocycles. The molecule has 7 nitrogen and oxygen atoms in total. The summed E-state index contributed by atoms with van der Waals surface area (Å²) in [5, 5.41) is 4.08. The smallest absolute Gasteiger partial charge is 0.240 e. The SMILES string of the molecule is Cn1c(CCNS(=O)(=O)c2ccc(F)cc2)ccc1C1=NNC(=O)CC1. The Labute approximate surface area is 151 Å². The molecule has 2 aromatic rings. The van der Waals surface area contributed by atoms with Crippen molar-refractivity contribution in [2.75, 3.05) is 6.54 Å². The standard InChI is InChI=1S/C17H19FN4O3S/c1-22-13(4-8-16(22)15-7-9-17(23)21-20-15)10-11-19-26(24,25)14-5-2-12(18)3-6-14/h2-6,8,19H,7,9-11H2,1H3,(H,21,23). The largest absolute Gasteiger partial charge is 0.347 e. The van der Waals surface area contributed by atoms with Crippen molar-refractivity contribution in [3.05, 3.63) is 53.6 Å². The molecule has 0 unspecified atom stereocenters. The number of nitrogens with zero attached hydrogens (tertiary/aromatic N) is 2. The van der Waals surface area contributed by atoms with Crippen LogP contribution in [0.5, 0.6) is 0 Å². The minimum Gasteiger partial charge on any atom is -0.347 e. The minimum absolute atomic E-state index is 0.0266. The molecule has 138 valence electrons. The van der Waals surface area contributed by atoms with Crippen LogP contribution in [0.1, 0.15) is 24.2 Å². The fourth-order valence-corrected chi connectivity index (χ4v) is 3.80. The molecule has 2 heterocycles. The number of amides is 1. The summed E-state index contributed by atoms with van der Waals surface area (Å²) in [6.45, 7) is 0.209. The van der Waals surface area contributed by atoms with Gasteiger partial charge in [-0.3, -0.25) is 4.79 Å². The number of carbonyl (C=O) groups excluding carboxylic acids is 1. The Morgan fingerprint density at radius 3 is 2.58 bits per heavy atom. The van der Waals surface area contributed by atoms with Gasteiger partial charge in [0, 0.05) is 38.5 Å². The van der Waals surface area contributed by atoms with Crippen LogP contribution in [0.15, 0.2) is 46.4 Å². The summed E-state index contributed by atoms with van der Waals surface area (Å²) >= 11 is 0. The summed E-state index contributed by atoms with van der Waals surface area (Å²) in [4.78, 5) is 11.2. The predicted octanol–water partition coefficient (Wildman–Crippen LogP) is 1.30. The third-order valence-corrected chi connectivity index (χ3v) is 5.70. The Morgan fingerprint density at radius 2 is 1.92 bits per heavy atom. The van der Waals surface area contributed by atoms with Crippen LogP contribution in [0, 0.1) is 5.82 Å². The lowest BCUT2D eigenvalue weighted by molar-refractivity contribution is -0.121. The number of hydrogen-bond donors (Lipinski definition) is 2. The van der Waals surface area contributed by atoms with Crippen LogP contribution in [0.4, 0.5) is 4.39 Å². The Bertz CT molecular complexity index is 949. The molecule has 9 heteroatoms. The molecule has 0 saturated heterocycles. The van der Waals surface area contributed by atoms with Crippen molar-refractivity contribution < 1.29 is 17.6 Å². The molecular formula is C17H19FN4O3S. The topological polar surface area (TPSA) is 92.6 Å². The zero-order chi connectivity index (χ0) is 18.7. The predicted molar refractivity (Wildman–Crippen MR) is 94.6 cm³/mol. The lowest BCUT2D eigenvalue weighted by atomic mass is 10.1. The van der Waals surface area contributed by atoms with Crippen molar-refractivity contribution in [2.45, 2.75) is 24.2 Å². The number of nitrogens with one attached hydrogen (secondary N) is 2. The first-order valence-electron chi connectivity index (χ1n) is 8.12. The lowest BCUT2D eigenvalue weighted by Gasteiger charge is -2.14. The van der Waals surface area contributed by atoms with Gasteiger partial charge in [0.05, 0.1) is 16.3 Å². The minimum atomic E-state index is -3.68. The molecule has 3 rings (SSSR count). The average molecular weight is 378 g/mol.